The summed E-state index contributed by atoms with van der Waals surface area (Å²) in [6.45, 7) is 0.364. The number of pyridine rings is 1. The van der Waals surface area contributed by atoms with Crippen molar-refractivity contribution in [3.8, 4) is 0 Å². The molecule has 0 spiro atoms. The van der Waals surface area contributed by atoms with Gasteiger partial charge in [0.2, 0.25) is 0 Å². The third kappa shape index (κ3) is 4.05. The number of hydrogen-bond acceptors (Lipinski definition) is 3. The fraction of sp³-hybridized carbons (Fsp3) is 0.200. The number of benzene rings is 1. The summed E-state index contributed by atoms with van der Waals surface area (Å²) in [5, 5.41) is 12.9. The second kappa shape index (κ2) is 7.03. The van der Waals surface area contributed by atoms with Crippen LogP contribution >= 0.6 is 11.6 Å². The molecule has 1 unspecified atom stereocenters. The van der Waals surface area contributed by atoms with Gasteiger partial charge in [0.1, 0.15) is 10.8 Å². The molecule has 0 aliphatic carbocycles. The van der Waals surface area contributed by atoms with E-state index in [0.29, 0.717) is 13.0 Å². The van der Waals surface area contributed by atoms with Gasteiger partial charge in [-0.15, -0.1) is 0 Å². The molecule has 0 radical (unpaired) electrons. The van der Waals surface area contributed by atoms with Crippen molar-refractivity contribution in [1.29, 1.82) is 0 Å². The van der Waals surface area contributed by atoms with Crippen molar-refractivity contribution >= 4 is 17.5 Å². The van der Waals surface area contributed by atoms with Crippen LogP contribution in [0.25, 0.3) is 0 Å². The third-order valence-electron chi connectivity index (χ3n) is 2.84. The van der Waals surface area contributed by atoms with Crippen molar-refractivity contribution < 1.29 is 9.90 Å². The molecule has 2 rings (SSSR count). The molecule has 2 aromatic rings. The molecule has 4 nitrogen and oxygen atoms in total. The van der Waals surface area contributed by atoms with Gasteiger partial charge in [-0.05, 0) is 24.1 Å². The summed E-state index contributed by atoms with van der Waals surface area (Å²) in [7, 11) is 0. The average Bonchev–Trinajstić information content (AvgIpc) is 2.48. The van der Waals surface area contributed by atoms with E-state index >= 15 is 0 Å². The highest BCUT2D eigenvalue weighted by molar-refractivity contribution is 6.29. The quantitative estimate of drug-likeness (QED) is 0.832. The lowest BCUT2D eigenvalue weighted by atomic mass is 10.1. The Morgan fingerprint density at radius 2 is 1.95 bits per heavy atom. The predicted octanol–water partition coefficient (Wildman–Crippen LogP) is 2.59. The maximum absolute atomic E-state index is 11.8. The van der Waals surface area contributed by atoms with Gasteiger partial charge >= 0.3 is 0 Å². The van der Waals surface area contributed by atoms with Crippen LogP contribution in [0.4, 0.5) is 0 Å². The number of carbonyl (C=O) groups excluding carboxylic acids is 1. The largest absolute Gasteiger partial charge is 0.388 e. The molecule has 5 heteroatoms. The van der Waals surface area contributed by atoms with Crippen LogP contribution in [0.15, 0.2) is 48.5 Å². The Labute approximate surface area is 122 Å². The minimum Gasteiger partial charge on any atom is -0.388 e. The highest BCUT2D eigenvalue weighted by Gasteiger charge is 2.10. The number of hydrogen-bond donors (Lipinski definition) is 2. The first-order valence-corrected chi connectivity index (χ1v) is 6.68. The van der Waals surface area contributed by atoms with E-state index in [9.17, 15) is 9.90 Å². The predicted molar refractivity (Wildman–Crippen MR) is 77.6 cm³/mol. The summed E-state index contributed by atoms with van der Waals surface area (Å²) < 4.78 is 0. The smallest absolute Gasteiger partial charge is 0.269 e. The maximum Gasteiger partial charge on any atom is 0.269 e. The summed E-state index contributed by atoms with van der Waals surface area (Å²) >= 11 is 5.72. The minimum absolute atomic E-state index is 0.270. The number of amides is 1. The van der Waals surface area contributed by atoms with Crippen LogP contribution in [-0.4, -0.2) is 22.5 Å². The number of halogens is 1. The van der Waals surface area contributed by atoms with Crippen LogP contribution in [0.2, 0.25) is 5.15 Å². The zero-order valence-electron chi connectivity index (χ0n) is 10.8. The van der Waals surface area contributed by atoms with E-state index in [2.05, 4.69) is 10.3 Å². The molecule has 0 aliphatic rings. The summed E-state index contributed by atoms with van der Waals surface area (Å²) in [6.07, 6.45) is -0.153. The van der Waals surface area contributed by atoms with Crippen molar-refractivity contribution in [2.75, 3.05) is 6.54 Å². The van der Waals surface area contributed by atoms with Crippen molar-refractivity contribution in [2.24, 2.45) is 0 Å². The normalized spacial score (nSPS) is 11.9. The summed E-state index contributed by atoms with van der Waals surface area (Å²) in [5.74, 6) is -0.298. The van der Waals surface area contributed by atoms with Crippen molar-refractivity contribution in [3.63, 3.8) is 0 Å². The highest BCUT2D eigenvalue weighted by atomic mass is 35.5. The lowest BCUT2D eigenvalue weighted by molar-refractivity contribution is 0.0937. The minimum atomic E-state index is -0.594. The number of nitrogens with zero attached hydrogens (tertiary/aromatic N) is 1. The second-order valence-electron chi connectivity index (χ2n) is 4.32. The molecule has 0 saturated heterocycles. The molecular weight excluding hydrogens is 276 g/mol. The summed E-state index contributed by atoms with van der Waals surface area (Å²) in [6, 6.07) is 14.2. The lowest BCUT2D eigenvalue weighted by Gasteiger charge is -2.11. The first kappa shape index (κ1) is 14.5. The second-order valence-corrected chi connectivity index (χ2v) is 4.70. The molecule has 2 N–H and O–H groups in total. The van der Waals surface area contributed by atoms with Crippen LogP contribution in [0.1, 0.15) is 28.6 Å². The Balaban J connectivity index is 1.83. The number of aromatic nitrogens is 1. The van der Waals surface area contributed by atoms with Gasteiger partial charge in [-0.2, -0.15) is 0 Å². The van der Waals surface area contributed by atoms with Gasteiger partial charge in [0.25, 0.3) is 5.91 Å². The van der Waals surface area contributed by atoms with Crippen molar-refractivity contribution in [2.45, 2.75) is 12.5 Å². The number of aliphatic hydroxyl groups excluding tert-OH is 1. The summed E-state index contributed by atoms with van der Waals surface area (Å²) in [5.41, 5.74) is 1.11. The standard InChI is InChI=1S/C15H15ClN2O2/c16-14-8-4-7-12(18-14)15(20)17-10-9-13(19)11-5-2-1-3-6-11/h1-8,13,19H,9-10H2,(H,17,20). The van der Waals surface area contributed by atoms with Crippen LogP contribution in [0.5, 0.6) is 0 Å². The van der Waals surface area contributed by atoms with E-state index in [1.807, 2.05) is 30.3 Å². The molecule has 1 amide bonds. The van der Waals surface area contributed by atoms with Gasteiger partial charge in [-0.25, -0.2) is 4.98 Å². The molecule has 20 heavy (non-hydrogen) atoms. The molecule has 0 fully saturated rings. The zero-order chi connectivity index (χ0) is 14.4. The Hall–Kier alpha value is -1.91. The van der Waals surface area contributed by atoms with Gasteiger partial charge in [0.05, 0.1) is 6.10 Å². The van der Waals surface area contributed by atoms with Crippen molar-refractivity contribution in [1.82, 2.24) is 10.3 Å². The average molecular weight is 291 g/mol. The molecule has 104 valence electrons. The Morgan fingerprint density at radius 3 is 2.65 bits per heavy atom. The van der Waals surface area contributed by atoms with Gasteiger partial charge in [0.15, 0.2) is 0 Å². The van der Waals surface area contributed by atoms with Gasteiger partial charge in [0, 0.05) is 6.54 Å². The SMILES string of the molecule is O=C(NCCC(O)c1ccccc1)c1cccc(Cl)n1. The molecule has 1 aromatic heterocycles. The van der Waals surface area contributed by atoms with Gasteiger partial charge < -0.3 is 10.4 Å². The highest BCUT2D eigenvalue weighted by Crippen LogP contribution is 2.15. The van der Waals surface area contributed by atoms with E-state index < -0.39 is 6.10 Å². The van der Waals surface area contributed by atoms with Crippen LogP contribution in [0, 0.1) is 0 Å². The first-order chi connectivity index (χ1) is 9.66. The van der Waals surface area contributed by atoms with E-state index in [0.717, 1.165) is 5.56 Å². The van der Waals surface area contributed by atoms with E-state index in [1.54, 1.807) is 18.2 Å². The zero-order valence-corrected chi connectivity index (χ0v) is 11.5. The molecule has 1 atom stereocenters. The number of rotatable bonds is 5. The van der Waals surface area contributed by atoms with Gasteiger partial charge in [-0.1, -0.05) is 48.0 Å². The molecule has 0 aliphatic heterocycles. The van der Waals surface area contributed by atoms with Crippen LogP contribution in [-0.2, 0) is 0 Å². The Kier molecular flexibility index (Phi) is 5.09. The maximum atomic E-state index is 11.8. The lowest BCUT2D eigenvalue weighted by Crippen LogP contribution is -2.26. The summed E-state index contributed by atoms with van der Waals surface area (Å²) in [4.78, 5) is 15.7. The van der Waals surface area contributed by atoms with Crippen LogP contribution in [0.3, 0.4) is 0 Å². The molecule has 1 heterocycles. The van der Waals surface area contributed by atoms with Crippen LogP contribution < -0.4 is 5.32 Å². The Morgan fingerprint density at radius 1 is 1.20 bits per heavy atom. The number of aliphatic hydroxyl groups is 1. The molecule has 1 aromatic carbocycles. The number of carbonyl (C=O) groups is 1. The van der Waals surface area contributed by atoms with E-state index in [4.69, 9.17) is 11.6 Å². The van der Waals surface area contributed by atoms with Gasteiger partial charge in [-0.3, -0.25) is 4.79 Å². The van der Waals surface area contributed by atoms with Crippen molar-refractivity contribution in [3.05, 3.63) is 64.9 Å². The van der Waals surface area contributed by atoms with E-state index in [1.165, 1.54) is 0 Å². The fourth-order valence-electron chi connectivity index (χ4n) is 1.79. The fourth-order valence-corrected chi connectivity index (χ4v) is 1.95. The third-order valence-corrected chi connectivity index (χ3v) is 3.05. The molecule has 0 saturated carbocycles. The molecular formula is C15H15ClN2O2. The Bertz CT molecular complexity index is 575. The molecule has 0 bridgehead atoms. The van der Waals surface area contributed by atoms with E-state index in [-0.39, 0.29) is 16.8 Å². The first-order valence-electron chi connectivity index (χ1n) is 6.30. The monoisotopic (exact) mass is 290 g/mol. The topological polar surface area (TPSA) is 62.2 Å². The number of nitrogens with one attached hydrogen (secondary N) is 1.